The number of rotatable bonds is 7. The fourth-order valence-electron chi connectivity index (χ4n) is 3.41. The SMILES string of the molecule is CC(=O)NC(CC(C)C)c1nnc2n1CCN(C(=O)CSc1nc(C)cs1)CC2. The van der Waals surface area contributed by atoms with Crippen molar-refractivity contribution in [3.63, 3.8) is 0 Å². The fourth-order valence-corrected chi connectivity index (χ4v) is 5.16. The van der Waals surface area contributed by atoms with Crippen molar-refractivity contribution in [3.8, 4) is 0 Å². The van der Waals surface area contributed by atoms with Gasteiger partial charge in [0.2, 0.25) is 11.8 Å². The average Bonchev–Trinajstić information content (AvgIpc) is 3.18. The maximum absolute atomic E-state index is 12.7. The summed E-state index contributed by atoms with van der Waals surface area (Å²) in [6, 6.07) is -0.167. The van der Waals surface area contributed by atoms with Crippen LogP contribution in [0.1, 0.15) is 50.6 Å². The van der Waals surface area contributed by atoms with E-state index in [1.807, 2.05) is 17.2 Å². The number of carbonyl (C=O) groups is 2. The van der Waals surface area contributed by atoms with E-state index in [2.05, 4.69) is 38.9 Å². The van der Waals surface area contributed by atoms with Crippen molar-refractivity contribution >= 4 is 34.9 Å². The first-order valence-corrected chi connectivity index (χ1v) is 11.7. The Kier molecular flexibility index (Phi) is 7.28. The highest BCUT2D eigenvalue weighted by atomic mass is 32.2. The van der Waals surface area contributed by atoms with Gasteiger partial charge in [0.05, 0.1) is 11.8 Å². The molecule has 0 aliphatic carbocycles. The van der Waals surface area contributed by atoms with Crippen LogP contribution < -0.4 is 5.32 Å². The highest BCUT2D eigenvalue weighted by molar-refractivity contribution is 8.01. The van der Waals surface area contributed by atoms with Gasteiger partial charge >= 0.3 is 0 Å². The van der Waals surface area contributed by atoms with Gasteiger partial charge in [-0.05, 0) is 19.3 Å². The van der Waals surface area contributed by atoms with Crippen LogP contribution in [-0.4, -0.2) is 55.3 Å². The molecule has 0 spiro atoms. The molecule has 2 amide bonds. The van der Waals surface area contributed by atoms with Crippen LogP contribution in [0.4, 0.5) is 0 Å². The highest BCUT2D eigenvalue weighted by Crippen LogP contribution is 2.24. The zero-order valence-electron chi connectivity index (χ0n) is 17.3. The number of nitrogens with one attached hydrogen (secondary N) is 1. The smallest absolute Gasteiger partial charge is 0.233 e. The molecular formula is C19H28N6O2S2. The van der Waals surface area contributed by atoms with Gasteiger partial charge in [-0.2, -0.15) is 0 Å². The first-order valence-electron chi connectivity index (χ1n) is 9.85. The number of fused-ring (bicyclic) bond motifs is 1. The van der Waals surface area contributed by atoms with Crippen LogP contribution >= 0.6 is 23.1 Å². The van der Waals surface area contributed by atoms with Crippen molar-refractivity contribution < 1.29 is 9.59 Å². The molecule has 0 saturated heterocycles. The van der Waals surface area contributed by atoms with E-state index < -0.39 is 0 Å². The van der Waals surface area contributed by atoms with Crippen molar-refractivity contribution in [3.05, 3.63) is 22.7 Å². The zero-order valence-corrected chi connectivity index (χ0v) is 19.0. The third kappa shape index (κ3) is 5.79. The Bertz CT molecular complexity index is 863. The van der Waals surface area contributed by atoms with E-state index in [-0.39, 0.29) is 17.9 Å². The molecule has 10 heteroatoms. The first-order chi connectivity index (χ1) is 13.8. The fraction of sp³-hybridized carbons (Fsp3) is 0.632. The summed E-state index contributed by atoms with van der Waals surface area (Å²) >= 11 is 3.06. The van der Waals surface area contributed by atoms with E-state index in [1.54, 1.807) is 11.3 Å². The largest absolute Gasteiger partial charge is 0.346 e. The van der Waals surface area contributed by atoms with Gasteiger partial charge in [0.25, 0.3) is 0 Å². The molecule has 1 atom stereocenters. The van der Waals surface area contributed by atoms with E-state index in [0.29, 0.717) is 37.7 Å². The molecule has 1 N–H and O–H groups in total. The summed E-state index contributed by atoms with van der Waals surface area (Å²) in [4.78, 5) is 30.7. The number of thiazole rings is 1. The summed E-state index contributed by atoms with van der Waals surface area (Å²) in [6.07, 6.45) is 1.46. The highest BCUT2D eigenvalue weighted by Gasteiger charge is 2.26. The minimum Gasteiger partial charge on any atom is -0.346 e. The maximum Gasteiger partial charge on any atom is 0.233 e. The van der Waals surface area contributed by atoms with E-state index in [0.717, 1.165) is 28.1 Å². The standard InChI is InChI=1S/C19H28N6O2S2/c1-12(2)9-15(21-14(4)26)18-23-22-16-5-6-24(7-8-25(16)18)17(27)11-29-19-20-13(3)10-28-19/h10,12,15H,5-9,11H2,1-4H3,(H,21,26). The Labute approximate surface area is 179 Å². The van der Waals surface area contributed by atoms with Crippen LogP contribution in [0.25, 0.3) is 0 Å². The van der Waals surface area contributed by atoms with Gasteiger partial charge in [-0.3, -0.25) is 9.59 Å². The lowest BCUT2D eigenvalue weighted by Gasteiger charge is -2.22. The molecule has 0 bridgehead atoms. The van der Waals surface area contributed by atoms with E-state index in [9.17, 15) is 9.59 Å². The van der Waals surface area contributed by atoms with Gasteiger partial charge in [-0.1, -0.05) is 25.6 Å². The summed E-state index contributed by atoms with van der Waals surface area (Å²) in [6.45, 7) is 9.60. The Morgan fingerprint density at radius 1 is 1.28 bits per heavy atom. The maximum atomic E-state index is 12.7. The van der Waals surface area contributed by atoms with E-state index in [1.165, 1.54) is 18.7 Å². The van der Waals surface area contributed by atoms with Crippen molar-refractivity contribution in [2.45, 2.75) is 57.5 Å². The molecule has 3 heterocycles. The van der Waals surface area contributed by atoms with Gasteiger partial charge in [0, 0.05) is 44.1 Å². The Morgan fingerprint density at radius 2 is 2.07 bits per heavy atom. The molecule has 29 heavy (non-hydrogen) atoms. The molecule has 0 aromatic carbocycles. The van der Waals surface area contributed by atoms with Crippen LogP contribution in [0.3, 0.4) is 0 Å². The third-order valence-electron chi connectivity index (χ3n) is 4.72. The molecule has 158 valence electrons. The zero-order chi connectivity index (χ0) is 21.0. The average molecular weight is 437 g/mol. The second-order valence-corrected chi connectivity index (χ2v) is 9.76. The summed E-state index contributed by atoms with van der Waals surface area (Å²) in [7, 11) is 0. The summed E-state index contributed by atoms with van der Waals surface area (Å²) in [5.41, 5.74) is 0.986. The molecule has 2 aromatic rings. The summed E-state index contributed by atoms with van der Waals surface area (Å²) < 4.78 is 3.00. The number of hydrogen-bond donors (Lipinski definition) is 1. The first kappa shape index (κ1) is 21.8. The number of amides is 2. The molecule has 0 radical (unpaired) electrons. The van der Waals surface area contributed by atoms with Crippen molar-refractivity contribution in [2.75, 3.05) is 18.8 Å². The van der Waals surface area contributed by atoms with Crippen LogP contribution in [0.2, 0.25) is 0 Å². The van der Waals surface area contributed by atoms with E-state index in [4.69, 9.17) is 0 Å². The van der Waals surface area contributed by atoms with Crippen LogP contribution in [-0.2, 0) is 22.6 Å². The second-order valence-electron chi connectivity index (χ2n) is 7.68. The Hall–Kier alpha value is -1.94. The van der Waals surface area contributed by atoms with E-state index >= 15 is 0 Å². The number of nitrogens with zero attached hydrogens (tertiary/aromatic N) is 5. The lowest BCUT2D eigenvalue weighted by molar-refractivity contribution is -0.128. The molecule has 0 saturated carbocycles. The monoisotopic (exact) mass is 436 g/mol. The normalized spacial score (nSPS) is 15.1. The van der Waals surface area contributed by atoms with Crippen LogP contribution in [0.15, 0.2) is 9.72 Å². The van der Waals surface area contributed by atoms with Crippen LogP contribution in [0, 0.1) is 12.8 Å². The minimum absolute atomic E-state index is 0.0760. The predicted octanol–water partition coefficient (Wildman–Crippen LogP) is 2.44. The Morgan fingerprint density at radius 3 is 2.72 bits per heavy atom. The van der Waals surface area contributed by atoms with Gasteiger partial charge in [0.1, 0.15) is 5.82 Å². The van der Waals surface area contributed by atoms with Crippen molar-refractivity contribution in [1.29, 1.82) is 0 Å². The van der Waals surface area contributed by atoms with Gasteiger partial charge in [-0.25, -0.2) is 4.98 Å². The number of aromatic nitrogens is 4. The number of hydrogen-bond acceptors (Lipinski definition) is 7. The molecule has 0 fully saturated rings. The molecule has 1 aliphatic heterocycles. The molecular weight excluding hydrogens is 408 g/mol. The van der Waals surface area contributed by atoms with Gasteiger partial charge < -0.3 is 14.8 Å². The predicted molar refractivity (Wildman–Crippen MR) is 114 cm³/mol. The third-order valence-corrected chi connectivity index (χ3v) is 6.84. The molecule has 8 nitrogen and oxygen atoms in total. The minimum atomic E-state index is -0.167. The molecule has 2 aromatic heterocycles. The summed E-state index contributed by atoms with van der Waals surface area (Å²) in [5.74, 6) is 2.50. The Balaban J connectivity index is 1.65. The number of thioether (sulfide) groups is 1. The van der Waals surface area contributed by atoms with Gasteiger partial charge in [-0.15, -0.1) is 21.5 Å². The van der Waals surface area contributed by atoms with Crippen molar-refractivity contribution in [1.82, 2.24) is 30.0 Å². The summed E-state index contributed by atoms with van der Waals surface area (Å²) in [5, 5.41) is 13.7. The lowest BCUT2D eigenvalue weighted by atomic mass is 10.0. The molecule has 3 rings (SSSR count). The molecule has 1 unspecified atom stereocenters. The quantitative estimate of drug-likeness (QED) is 0.670. The second kappa shape index (κ2) is 9.71. The molecule has 1 aliphatic rings. The van der Waals surface area contributed by atoms with Crippen molar-refractivity contribution in [2.24, 2.45) is 5.92 Å². The van der Waals surface area contributed by atoms with Gasteiger partial charge in [0.15, 0.2) is 10.2 Å². The number of aryl methyl sites for hydroxylation is 1. The topological polar surface area (TPSA) is 93.0 Å². The van der Waals surface area contributed by atoms with Crippen LogP contribution in [0.5, 0.6) is 0 Å². The number of carbonyl (C=O) groups excluding carboxylic acids is 2. The lowest BCUT2D eigenvalue weighted by Crippen LogP contribution is -2.35.